The van der Waals surface area contributed by atoms with Gasteiger partial charge >= 0.3 is 17.1 Å². The van der Waals surface area contributed by atoms with Crippen molar-refractivity contribution in [3.8, 4) is 0 Å². The molecule has 0 saturated heterocycles. The van der Waals surface area contributed by atoms with Crippen molar-refractivity contribution in [2.24, 2.45) is 0 Å². The molecule has 0 saturated carbocycles. The van der Waals surface area contributed by atoms with Crippen LogP contribution < -0.4 is 0 Å². The summed E-state index contributed by atoms with van der Waals surface area (Å²) in [6.45, 7) is 2.08. The molecule has 0 aliphatic carbocycles. The van der Waals surface area contributed by atoms with Crippen LogP contribution >= 0.6 is 0 Å². The summed E-state index contributed by atoms with van der Waals surface area (Å²) in [6.07, 6.45) is 0. The van der Waals surface area contributed by atoms with E-state index in [2.05, 4.69) is 19.1 Å². The minimum Gasteiger partial charge on any atom is -0.358 e. The van der Waals surface area contributed by atoms with E-state index in [9.17, 15) is 0 Å². The van der Waals surface area contributed by atoms with Crippen LogP contribution in [0.2, 0.25) is 0 Å². The maximum Gasteiger partial charge on any atom is 2.00 e. The molecule has 0 amide bonds. The average Bonchev–Trinajstić information content (AvgIpc) is 1.86. The largest absolute Gasteiger partial charge is 2.00 e. The molecular weight excluding hydrogens is 140 g/mol. The van der Waals surface area contributed by atoms with Gasteiger partial charge in [-0.25, -0.2) is 12.1 Å². The van der Waals surface area contributed by atoms with Crippen molar-refractivity contribution in [3.05, 3.63) is 37.3 Å². The fourth-order valence-corrected chi connectivity index (χ4v) is 0.470. The van der Waals surface area contributed by atoms with E-state index in [-0.39, 0.29) is 24.5 Å². The fourth-order valence-electron chi connectivity index (χ4n) is 0.470. The summed E-state index contributed by atoms with van der Waals surface area (Å²) in [7, 11) is 0. The van der Waals surface area contributed by atoms with Gasteiger partial charge in [0.15, 0.2) is 0 Å². The van der Waals surface area contributed by atoms with Gasteiger partial charge in [-0.1, -0.05) is 6.92 Å². The van der Waals surface area contributed by atoms with Crippen LogP contribution in [0, 0.1) is 14.4 Å². The predicted octanol–water partition coefficient (Wildman–Crippen LogP) is 2.16. The van der Waals surface area contributed by atoms with Crippen molar-refractivity contribution in [2.75, 3.05) is 0 Å². The standard InChI is InChI=1S/C6H7.CH3.Fe/c1-6-4-2-3-5-6;;/h2-5H,1H3;1H3;/q2*-1;+2. The Morgan fingerprint density at radius 1 is 1.12 bits per heavy atom. The molecule has 0 nitrogen and oxygen atoms in total. The van der Waals surface area contributed by atoms with Gasteiger partial charge in [-0.2, -0.15) is 17.7 Å². The third kappa shape index (κ3) is 2.95. The van der Waals surface area contributed by atoms with E-state index in [0.29, 0.717) is 0 Å². The molecule has 0 bridgehead atoms. The van der Waals surface area contributed by atoms with E-state index in [4.69, 9.17) is 0 Å². The van der Waals surface area contributed by atoms with E-state index < -0.39 is 0 Å². The SMILES string of the molecule is C[c-]1cccc1.[CH3-].[Fe+2]. The van der Waals surface area contributed by atoms with Crippen LogP contribution in [0.5, 0.6) is 0 Å². The van der Waals surface area contributed by atoms with Crippen molar-refractivity contribution in [1.82, 2.24) is 0 Å². The van der Waals surface area contributed by atoms with Gasteiger partial charge in [0, 0.05) is 0 Å². The topological polar surface area (TPSA) is 0 Å². The molecule has 1 aromatic rings. The maximum absolute atomic E-state index is 2.08. The Bertz CT molecular complexity index is 108. The second-order valence-corrected chi connectivity index (χ2v) is 1.46. The Labute approximate surface area is 61.8 Å². The quantitative estimate of drug-likeness (QED) is 0.392. The van der Waals surface area contributed by atoms with Crippen molar-refractivity contribution in [3.63, 3.8) is 0 Å². The summed E-state index contributed by atoms with van der Waals surface area (Å²) in [5, 5.41) is 0. The molecule has 0 aromatic heterocycles. The predicted molar refractivity (Wildman–Crippen MR) is 33.2 cm³/mol. The molecule has 46 valence electrons. The van der Waals surface area contributed by atoms with Gasteiger partial charge in [0.2, 0.25) is 0 Å². The zero-order chi connectivity index (χ0) is 4.41. The molecule has 0 unspecified atom stereocenters. The Morgan fingerprint density at radius 3 is 1.62 bits per heavy atom. The number of aryl methyl sites for hydroxylation is 1. The normalized spacial score (nSPS) is 6.62. The first-order valence-corrected chi connectivity index (χ1v) is 2.08. The van der Waals surface area contributed by atoms with Crippen molar-refractivity contribution >= 4 is 0 Å². The van der Waals surface area contributed by atoms with Crippen LogP contribution in [0.25, 0.3) is 0 Å². The summed E-state index contributed by atoms with van der Waals surface area (Å²) < 4.78 is 0. The second kappa shape index (κ2) is 5.02. The molecule has 0 N–H and O–H groups in total. The average molecular weight is 150 g/mol. The van der Waals surface area contributed by atoms with Crippen LogP contribution in [-0.4, -0.2) is 0 Å². The molecule has 0 aliphatic heterocycles. The molecule has 1 aromatic carbocycles. The number of hydrogen-bond donors (Lipinski definition) is 0. The van der Waals surface area contributed by atoms with E-state index in [1.54, 1.807) is 0 Å². The minimum absolute atomic E-state index is 0. The Kier molecular flexibility index (Phi) is 6.76. The molecule has 0 spiro atoms. The molecule has 0 fully saturated rings. The zero-order valence-electron chi connectivity index (χ0n) is 5.16. The summed E-state index contributed by atoms with van der Waals surface area (Å²) >= 11 is 0. The number of rotatable bonds is 0. The van der Waals surface area contributed by atoms with Crippen LogP contribution in [-0.2, 0) is 17.1 Å². The van der Waals surface area contributed by atoms with Crippen LogP contribution in [0.15, 0.2) is 24.3 Å². The zero-order valence-corrected chi connectivity index (χ0v) is 6.27. The molecular formula is C7H10Fe. The smallest absolute Gasteiger partial charge is 0.358 e. The molecule has 8 heavy (non-hydrogen) atoms. The summed E-state index contributed by atoms with van der Waals surface area (Å²) in [5.41, 5.74) is 1.34. The van der Waals surface area contributed by atoms with Gasteiger partial charge in [0.05, 0.1) is 0 Å². The third-order valence-electron chi connectivity index (χ3n) is 0.829. The van der Waals surface area contributed by atoms with Crippen molar-refractivity contribution in [2.45, 2.75) is 6.92 Å². The first kappa shape index (κ1) is 10.8. The summed E-state index contributed by atoms with van der Waals surface area (Å²) in [6, 6.07) is 8.24. The molecule has 0 radical (unpaired) electrons. The monoisotopic (exact) mass is 150 g/mol. The fraction of sp³-hybridized carbons (Fsp3) is 0.143. The second-order valence-electron chi connectivity index (χ2n) is 1.46. The van der Waals surface area contributed by atoms with E-state index in [1.165, 1.54) is 5.56 Å². The van der Waals surface area contributed by atoms with Crippen LogP contribution in [0.3, 0.4) is 0 Å². The molecule has 1 rings (SSSR count). The third-order valence-corrected chi connectivity index (χ3v) is 0.829. The minimum atomic E-state index is 0. The Balaban J connectivity index is 0. The van der Waals surface area contributed by atoms with E-state index in [1.807, 2.05) is 12.1 Å². The first-order chi connectivity index (χ1) is 2.89. The Morgan fingerprint density at radius 2 is 1.50 bits per heavy atom. The Hall–Kier alpha value is -0.131. The van der Waals surface area contributed by atoms with Gasteiger partial charge in [-0.15, -0.1) is 0 Å². The number of hydrogen-bond acceptors (Lipinski definition) is 0. The van der Waals surface area contributed by atoms with Crippen LogP contribution in [0.1, 0.15) is 5.56 Å². The van der Waals surface area contributed by atoms with Gasteiger partial charge < -0.3 is 7.43 Å². The summed E-state index contributed by atoms with van der Waals surface area (Å²) in [4.78, 5) is 0. The van der Waals surface area contributed by atoms with Gasteiger partial charge in [-0.05, 0) is 0 Å². The molecule has 0 aliphatic rings. The first-order valence-electron chi connectivity index (χ1n) is 2.08. The van der Waals surface area contributed by atoms with Gasteiger partial charge in [0.25, 0.3) is 0 Å². The molecule has 1 heteroatoms. The van der Waals surface area contributed by atoms with Crippen LogP contribution in [0.4, 0.5) is 0 Å². The van der Waals surface area contributed by atoms with E-state index in [0.717, 1.165) is 0 Å². The van der Waals surface area contributed by atoms with Gasteiger partial charge in [0.1, 0.15) is 0 Å². The van der Waals surface area contributed by atoms with Gasteiger partial charge in [-0.3, -0.25) is 0 Å². The summed E-state index contributed by atoms with van der Waals surface area (Å²) in [5.74, 6) is 0. The molecule has 0 heterocycles. The maximum atomic E-state index is 2.08. The van der Waals surface area contributed by atoms with Crippen molar-refractivity contribution in [1.29, 1.82) is 0 Å². The molecule has 0 atom stereocenters. The van der Waals surface area contributed by atoms with E-state index >= 15 is 0 Å². The van der Waals surface area contributed by atoms with Crippen molar-refractivity contribution < 1.29 is 17.1 Å².